The van der Waals surface area contributed by atoms with Crippen LogP contribution in [0.3, 0.4) is 0 Å². The van der Waals surface area contributed by atoms with Crippen molar-refractivity contribution in [2.45, 2.75) is 18.9 Å². The maximum absolute atomic E-state index is 11.9. The van der Waals surface area contributed by atoms with Crippen molar-refractivity contribution in [3.63, 3.8) is 0 Å². The Hall–Kier alpha value is -0.810. The van der Waals surface area contributed by atoms with Crippen LogP contribution in [0, 0.1) is 0 Å². The van der Waals surface area contributed by atoms with Gasteiger partial charge in [-0.1, -0.05) is 17.7 Å². The highest BCUT2D eigenvalue weighted by molar-refractivity contribution is 6.30. The Balaban J connectivity index is 0.00000180. The first-order chi connectivity index (χ1) is 8.63. The van der Waals surface area contributed by atoms with Gasteiger partial charge in [0.25, 0.3) is 0 Å². The monoisotopic (exact) mass is 303 g/mol. The van der Waals surface area contributed by atoms with Gasteiger partial charge in [-0.15, -0.1) is 12.4 Å². The van der Waals surface area contributed by atoms with Gasteiger partial charge in [-0.05, 0) is 37.6 Å². The molecule has 0 aromatic heterocycles. The molecule has 1 aromatic rings. The average molecular weight is 304 g/mol. The molecule has 3 N–H and O–H groups in total. The van der Waals surface area contributed by atoms with Crippen LogP contribution in [0.5, 0.6) is 0 Å². The summed E-state index contributed by atoms with van der Waals surface area (Å²) in [5.41, 5.74) is 6.61. The minimum absolute atomic E-state index is 0. The Morgan fingerprint density at radius 2 is 2.32 bits per heavy atom. The van der Waals surface area contributed by atoms with E-state index in [1.54, 1.807) is 12.1 Å². The summed E-state index contributed by atoms with van der Waals surface area (Å²) in [5.74, 6) is -0.0219. The summed E-state index contributed by atoms with van der Waals surface area (Å²) in [5, 5.41) is 3.46. The van der Waals surface area contributed by atoms with Gasteiger partial charge in [-0.3, -0.25) is 9.69 Å². The first-order valence-electron chi connectivity index (χ1n) is 6.17. The molecule has 1 aromatic carbocycles. The van der Waals surface area contributed by atoms with Gasteiger partial charge >= 0.3 is 0 Å². The molecule has 0 saturated carbocycles. The van der Waals surface area contributed by atoms with Crippen LogP contribution in [-0.4, -0.2) is 36.5 Å². The Labute approximate surface area is 124 Å². The van der Waals surface area contributed by atoms with Crippen LogP contribution >= 0.6 is 24.0 Å². The lowest BCUT2D eigenvalue weighted by Crippen LogP contribution is -2.45. The topological polar surface area (TPSA) is 58.4 Å². The second-order valence-corrected chi connectivity index (χ2v) is 5.13. The van der Waals surface area contributed by atoms with Crippen molar-refractivity contribution >= 4 is 35.6 Å². The first kappa shape index (κ1) is 16.2. The number of halogens is 2. The van der Waals surface area contributed by atoms with E-state index >= 15 is 0 Å². The summed E-state index contributed by atoms with van der Waals surface area (Å²) in [6.07, 6.45) is 2.11. The predicted octanol–water partition coefficient (Wildman–Crippen LogP) is 2.12. The zero-order valence-electron chi connectivity index (χ0n) is 10.6. The van der Waals surface area contributed by atoms with E-state index in [4.69, 9.17) is 17.3 Å². The van der Waals surface area contributed by atoms with Crippen LogP contribution in [-0.2, 0) is 4.79 Å². The molecule has 1 amide bonds. The molecule has 1 aliphatic heterocycles. The lowest BCUT2D eigenvalue weighted by atomic mass is 10.1. The highest BCUT2D eigenvalue weighted by Crippen LogP contribution is 2.15. The number of hydrogen-bond donors (Lipinski definition) is 2. The van der Waals surface area contributed by atoms with Crippen molar-refractivity contribution in [3.8, 4) is 0 Å². The van der Waals surface area contributed by atoms with E-state index in [1.807, 2.05) is 12.1 Å². The number of nitrogens with two attached hydrogens (primary N) is 1. The van der Waals surface area contributed by atoms with Crippen LogP contribution in [0.4, 0.5) is 5.69 Å². The third kappa shape index (κ3) is 5.37. The summed E-state index contributed by atoms with van der Waals surface area (Å²) < 4.78 is 0. The van der Waals surface area contributed by atoms with E-state index in [2.05, 4.69) is 10.2 Å². The molecule has 6 heteroatoms. The minimum Gasteiger partial charge on any atom is -0.327 e. The molecule has 1 atom stereocenters. The van der Waals surface area contributed by atoms with Gasteiger partial charge in [-0.2, -0.15) is 0 Å². The van der Waals surface area contributed by atoms with Gasteiger partial charge in [0.2, 0.25) is 5.91 Å². The summed E-state index contributed by atoms with van der Waals surface area (Å²) in [4.78, 5) is 14.0. The normalized spacial score (nSPS) is 19.6. The number of likely N-dealkylation sites (tertiary alicyclic amines) is 1. The van der Waals surface area contributed by atoms with Gasteiger partial charge in [0, 0.05) is 23.3 Å². The van der Waals surface area contributed by atoms with Gasteiger partial charge in [0.15, 0.2) is 0 Å². The molecule has 0 aliphatic carbocycles. The number of rotatable bonds is 3. The lowest BCUT2D eigenvalue weighted by molar-refractivity contribution is -0.117. The number of benzene rings is 1. The molecule has 1 saturated heterocycles. The van der Waals surface area contributed by atoms with E-state index in [0.29, 0.717) is 11.6 Å². The smallest absolute Gasteiger partial charge is 0.238 e. The number of carbonyl (C=O) groups is 1. The number of carbonyl (C=O) groups excluding carboxylic acids is 1. The molecule has 0 radical (unpaired) electrons. The Bertz CT molecular complexity index is 428. The number of nitrogens with zero attached hydrogens (tertiary/aromatic N) is 1. The molecule has 4 nitrogen and oxygen atoms in total. The summed E-state index contributed by atoms with van der Waals surface area (Å²) in [6.45, 7) is 2.12. The molecular weight excluding hydrogens is 285 g/mol. The molecular formula is C13H19Cl2N3O. The molecule has 0 bridgehead atoms. The number of hydrogen-bond acceptors (Lipinski definition) is 3. The summed E-state index contributed by atoms with van der Waals surface area (Å²) >= 11 is 5.86. The molecule has 1 fully saturated rings. The van der Waals surface area contributed by atoms with Crippen molar-refractivity contribution < 1.29 is 4.79 Å². The van der Waals surface area contributed by atoms with Crippen molar-refractivity contribution in [3.05, 3.63) is 29.3 Å². The SMILES string of the molecule is Cl.NC1CCCN(CC(=O)Nc2cccc(Cl)c2)C1. The maximum Gasteiger partial charge on any atom is 0.238 e. The molecule has 1 heterocycles. The fourth-order valence-corrected chi connectivity index (χ4v) is 2.40. The maximum atomic E-state index is 11.9. The van der Waals surface area contributed by atoms with Gasteiger partial charge in [-0.25, -0.2) is 0 Å². The fourth-order valence-electron chi connectivity index (χ4n) is 2.20. The molecule has 1 unspecified atom stereocenters. The van der Waals surface area contributed by atoms with E-state index < -0.39 is 0 Å². The predicted molar refractivity (Wildman–Crippen MR) is 81.0 cm³/mol. The van der Waals surface area contributed by atoms with Crippen molar-refractivity contribution in [1.82, 2.24) is 4.90 Å². The number of piperidine rings is 1. The van der Waals surface area contributed by atoms with Crippen molar-refractivity contribution in [2.75, 3.05) is 25.0 Å². The van der Waals surface area contributed by atoms with Crippen LogP contribution < -0.4 is 11.1 Å². The summed E-state index contributed by atoms with van der Waals surface area (Å²) in [6, 6.07) is 7.35. The number of anilines is 1. The second kappa shape index (κ2) is 7.70. The van der Waals surface area contributed by atoms with Gasteiger partial charge in [0.1, 0.15) is 0 Å². The molecule has 0 spiro atoms. The lowest BCUT2D eigenvalue weighted by Gasteiger charge is -2.29. The van der Waals surface area contributed by atoms with Crippen molar-refractivity contribution in [1.29, 1.82) is 0 Å². The minimum atomic E-state index is -0.0219. The first-order valence-corrected chi connectivity index (χ1v) is 6.54. The van der Waals surface area contributed by atoms with Crippen LogP contribution in [0.15, 0.2) is 24.3 Å². The second-order valence-electron chi connectivity index (χ2n) is 4.70. The molecule has 19 heavy (non-hydrogen) atoms. The van der Waals surface area contributed by atoms with Gasteiger partial charge in [0.05, 0.1) is 6.54 Å². The van der Waals surface area contributed by atoms with Crippen molar-refractivity contribution in [2.24, 2.45) is 5.73 Å². The third-order valence-electron chi connectivity index (χ3n) is 3.02. The summed E-state index contributed by atoms with van der Waals surface area (Å²) in [7, 11) is 0. The number of nitrogens with one attached hydrogen (secondary N) is 1. The van der Waals surface area contributed by atoms with E-state index in [-0.39, 0.29) is 24.4 Å². The number of amides is 1. The highest BCUT2D eigenvalue weighted by Gasteiger charge is 2.18. The largest absolute Gasteiger partial charge is 0.327 e. The highest BCUT2D eigenvalue weighted by atomic mass is 35.5. The third-order valence-corrected chi connectivity index (χ3v) is 3.25. The standard InChI is InChI=1S/C13H18ClN3O.ClH/c14-10-3-1-5-12(7-10)16-13(18)9-17-6-2-4-11(15)8-17;/h1,3,5,7,11H,2,4,6,8-9,15H2,(H,16,18);1H. The van der Waals surface area contributed by atoms with E-state index in [1.165, 1.54) is 0 Å². The quantitative estimate of drug-likeness (QED) is 0.899. The fraction of sp³-hybridized carbons (Fsp3) is 0.462. The Morgan fingerprint density at radius 1 is 1.53 bits per heavy atom. The van der Waals surface area contributed by atoms with Crippen LogP contribution in [0.2, 0.25) is 5.02 Å². The zero-order chi connectivity index (χ0) is 13.0. The van der Waals surface area contributed by atoms with E-state index in [9.17, 15) is 4.79 Å². The average Bonchev–Trinajstić information content (AvgIpc) is 2.28. The van der Waals surface area contributed by atoms with E-state index in [0.717, 1.165) is 31.6 Å². The van der Waals surface area contributed by atoms with Crippen LogP contribution in [0.1, 0.15) is 12.8 Å². The molecule has 2 rings (SSSR count). The molecule has 106 valence electrons. The Morgan fingerprint density at radius 3 is 3.00 bits per heavy atom. The molecule has 1 aliphatic rings. The zero-order valence-corrected chi connectivity index (χ0v) is 12.2. The van der Waals surface area contributed by atoms with Crippen LogP contribution in [0.25, 0.3) is 0 Å². The Kier molecular flexibility index (Phi) is 6.58. The van der Waals surface area contributed by atoms with Gasteiger partial charge < -0.3 is 11.1 Å².